The Bertz CT molecular complexity index is 968. The number of ether oxygens (including phenoxy) is 1. The maximum absolute atomic E-state index is 12.4. The van der Waals surface area contributed by atoms with Crippen LogP contribution in [0.15, 0.2) is 48.2 Å². The Kier molecular flexibility index (Phi) is 5.83. The molecule has 0 spiro atoms. The first-order chi connectivity index (χ1) is 14.1. The molecule has 2 N–H and O–H groups in total. The molecule has 0 aliphatic carbocycles. The fourth-order valence-corrected chi connectivity index (χ4v) is 3.68. The Morgan fingerprint density at radius 2 is 2.03 bits per heavy atom. The van der Waals surface area contributed by atoms with Gasteiger partial charge in [-0.1, -0.05) is 23.7 Å². The minimum atomic E-state index is -0.371. The van der Waals surface area contributed by atoms with Crippen LogP contribution in [-0.4, -0.2) is 42.9 Å². The lowest BCUT2D eigenvalue weighted by Crippen LogP contribution is -2.33. The predicted octanol–water partition coefficient (Wildman–Crippen LogP) is 3.54. The van der Waals surface area contributed by atoms with Crippen LogP contribution < -0.4 is 15.4 Å². The van der Waals surface area contributed by atoms with Gasteiger partial charge in [0.25, 0.3) is 11.8 Å². The third-order valence-electron chi connectivity index (χ3n) is 4.99. The normalized spacial score (nSPS) is 17.6. The predicted molar refractivity (Wildman–Crippen MR) is 113 cm³/mol. The van der Waals surface area contributed by atoms with Crippen molar-refractivity contribution >= 4 is 35.2 Å². The number of carbonyl (C=O) groups excluding carboxylic acids is 2. The SMILES string of the molecule is O=C1Nc2cc(C(=O)NCCN3CCCC3)ccc2O/C1=C/c1cccc(Cl)c1. The fraction of sp³-hybridized carbons (Fsp3) is 0.273. The third kappa shape index (κ3) is 4.78. The number of likely N-dealkylation sites (tertiary alicyclic amines) is 1. The van der Waals surface area contributed by atoms with Gasteiger partial charge in [-0.05, 0) is 67.9 Å². The van der Waals surface area contributed by atoms with Crippen LogP contribution in [-0.2, 0) is 4.79 Å². The van der Waals surface area contributed by atoms with Crippen LogP contribution in [0.25, 0.3) is 6.08 Å². The summed E-state index contributed by atoms with van der Waals surface area (Å²) in [5.74, 6) is 0.125. The molecule has 2 heterocycles. The van der Waals surface area contributed by atoms with E-state index in [1.165, 1.54) is 12.8 Å². The number of nitrogens with one attached hydrogen (secondary N) is 2. The van der Waals surface area contributed by atoms with Crippen LogP contribution in [0.1, 0.15) is 28.8 Å². The van der Waals surface area contributed by atoms with Crippen molar-refractivity contribution in [1.29, 1.82) is 0 Å². The Balaban J connectivity index is 1.42. The lowest BCUT2D eigenvalue weighted by molar-refractivity contribution is -0.115. The summed E-state index contributed by atoms with van der Waals surface area (Å²) in [6, 6.07) is 12.2. The van der Waals surface area contributed by atoms with Gasteiger partial charge in [-0.2, -0.15) is 0 Å². The molecule has 0 atom stereocenters. The summed E-state index contributed by atoms with van der Waals surface area (Å²) in [6.07, 6.45) is 4.08. The molecule has 6 nitrogen and oxygen atoms in total. The van der Waals surface area contributed by atoms with Crippen LogP contribution >= 0.6 is 11.6 Å². The summed E-state index contributed by atoms with van der Waals surface area (Å²) in [6.45, 7) is 3.66. The van der Waals surface area contributed by atoms with Gasteiger partial charge in [-0.3, -0.25) is 9.59 Å². The van der Waals surface area contributed by atoms with Gasteiger partial charge in [0.05, 0.1) is 5.69 Å². The van der Waals surface area contributed by atoms with E-state index in [9.17, 15) is 9.59 Å². The molecule has 150 valence electrons. The van der Waals surface area contributed by atoms with Gasteiger partial charge in [-0.25, -0.2) is 0 Å². The van der Waals surface area contributed by atoms with E-state index < -0.39 is 0 Å². The van der Waals surface area contributed by atoms with Gasteiger partial charge in [0.1, 0.15) is 0 Å². The van der Waals surface area contributed by atoms with Crippen molar-refractivity contribution in [2.75, 3.05) is 31.5 Å². The van der Waals surface area contributed by atoms with E-state index >= 15 is 0 Å². The largest absolute Gasteiger partial charge is 0.449 e. The van der Waals surface area contributed by atoms with Crippen LogP contribution in [0, 0.1) is 0 Å². The number of rotatable bonds is 5. The van der Waals surface area contributed by atoms with E-state index in [1.54, 1.807) is 42.5 Å². The van der Waals surface area contributed by atoms with Gasteiger partial charge in [0, 0.05) is 23.7 Å². The molecule has 2 aliphatic heterocycles. The fourth-order valence-electron chi connectivity index (χ4n) is 3.49. The van der Waals surface area contributed by atoms with E-state index in [4.69, 9.17) is 16.3 Å². The summed E-state index contributed by atoms with van der Waals surface area (Å²) in [7, 11) is 0. The Morgan fingerprint density at radius 3 is 2.83 bits per heavy atom. The number of hydrogen-bond acceptors (Lipinski definition) is 4. The molecular weight excluding hydrogens is 390 g/mol. The molecule has 2 aromatic carbocycles. The minimum Gasteiger partial charge on any atom is -0.449 e. The van der Waals surface area contributed by atoms with Crippen LogP contribution in [0.2, 0.25) is 5.02 Å². The summed E-state index contributed by atoms with van der Waals surface area (Å²) in [4.78, 5) is 27.2. The quantitative estimate of drug-likeness (QED) is 0.738. The van der Waals surface area contributed by atoms with E-state index in [0.717, 1.165) is 25.2 Å². The second-order valence-corrected chi connectivity index (χ2v) is 7.57. The first-order valence-corrected chi connectivity index (χ1v) is 10.1. The molecule has 7 heteroatoms. The van der Waals surface area contributed by atoms with Crippen molar-refractivity contribution in [3.8, 4) is 5.75 Å². The topological polar surface area (TPSA) is 70.7 Å². The third-order valence-corrected chi connectivity index (χ3v) is 5.23. The Hall–Kier alpha value is -2.83. The van der Waals surface area contributed by atoms with Crippen LogP contribution in [0.5, 0.6) is 5.75 Å². The van der Waals surface area contributed by atoms with Crippen LogP contribution in [0.4, 0.5) is 5.69 Å². The van der Waals surface area contributed by atoms with Crippen molar-refractivity contribution < 1.29 is 14.3 Å². The number of amides is 2. The summed E-state index contributed by atoms with van der Waals surface area (Å²) >= 11 is 5.99. The summed E-state index contributed by atoms with van der Waals surface area (Å²) in [5.41, 5.74) is 1.72. The highest BCUT2D eigenvalue weighted by Gasteiger charge is 2.23. The van der Waals surface area contributed by atoms with E-state index in [1.807, 2.05) is 6.07 Å². The monoisotopic (exact) mass is 411 g/mol. The van der Waals surface area contributed by atoms with Gasteiger partial charge in [0.2, 0.25) is 0 Å². The van der Waals surface area contributed by atoms with E-state index in [0.29, 0.717) is 28.6 Å². The highest BCUT2D eigenvalue weighted by Crippen LogP contribution is 2.32. The van der Waals surface area contributed by atoms with Crippen molar-refractivity contribution in [1.82, 2.24) is 10.2 Å². The zero-order chi connectivity index (χ0) is 20.2. The number of nitrogens with zero attached hydrogens (tertiary/aromatic N) is 1. The molecule has 0 radical (unpaired) electrons. The second-order valence-electron chi connectivity index (χ2n) is 7.14. The molecule has 0 aromatic heterocycles. The highest BCUT2D eigenvalue weighted by molar-refractivity contribution is 6.30. The van der Waals surface area contributed by atoms with Crippen LogP contribution in [0.3, 0.4) is 0 Å². The molecule has 29 heavy (non-hydrogen) atoms. The maximum Gasteiger partial charge on any atom is 0.291 e. The lowest BCUT2D eigenvalue weighted by atomic mass is 10.1. The number of fused-ring (bicyclic) bond motifs is 1. The number of carbonyl (C=O) groups is 2. The first kappa shape index (κ1) is 19.5. The molecule has 2 amide bonds. The molecule has 4 rings (SSSR count). The lowest BCUT2D eigenvalue weighted by Gasteiger charge is -2.20. The minimum absolute atomic E-state index is 0.165. The standard InChI is InChI=1S/C22H22ClN3O3/c23-17-5-3-4-15(12-17)13-20-22(28)25-18-14-16(6-7-19(18)29-20)21(27)24-8-11-26-9-1-2-10-26/h3-7,12-14H,1-2,8-11H2,(H,24,27)(H,25,28)/b20-13+. The molecule has 2 aromatic rings. The molecule has 1 saturated heterocycles. The zero-order valence-corrected chi connectivity index (χ0v) is 16.7. The summed E-state index contributed by atoms with van der Waals surface area (Å²) < 4.78 is 5.74. The highest BCUT2D eigenvalue weighted by atomic mass is 35.5. The molecular formula is C22H22ClN3O3. The smallest absolute Gasteiger partial charge is 0.291 e. The number of hydrogen-bond donors (Lipinski definition) is 2. The average molecular weight is 412 g/mol. The Labute approximate surface area is 174 Å². The van der Waals surface area contributed by atoms with Gasteiger partial charge in [-0.15, -0.1) is 0 Å². The second kappa shape index (κ2) is 8.68. The van der Waals surface area contributed by atoms with Gasteiger partial charge >= 0.3 is 0 Å². The average Bonchev–Trinajstić information content (AvgIpc) is 3.22. The van der Waals surface area contributed by atoms with Crippen molar-refractivity contribution in [2.24, 2.45) is 0 Å². The number of anilines is 1. The first-order valence-electron chi connectivity index (χ1n) is 9.69. The van der Waals surface area contributed by atoms with Gasteiger partial charge < -0.3 is 20.3 Å². The van der Waals surface area contributed by atoms with E-state index in [2.05, 4.69) is 15.5 Å². The maximum atomic E-state index is 12.4. The van der Waals surface area contributed by atoms with E-state index in [-0.39, 0.29) is 17.6 Å². The van der Waals surface area contributed by atoms with Crippen molar-refractivity contribution in [3.05, 3.63) is 64.4 Å². The molecule has 2 aliphatic rings. The molecule has 0 bridgehead atoms. The molecule has 0 saturated carbocycles. The summed E-state index contributed by atoms with van der Waals surface area (Å²) in [5, 5.41) is 6.30. The van der Waals surface area contributed by atoms with Gasteiger partial charge in [0.15, 0.2) is 11.5 Å². The molecule has 1 fully saturated rings. The number of halogens is 1. The Morgan fingerprint density at radius 1 is 1.21 bits per heavy atom. The van der Waals surface area contributed by atoms with Crippen molar-refractivity contribution in [3.63, 3.8) is 0 Å². The number of benzene rings is 2. The zero-order valence-electron chi connectivity index (χ0n) is 15.9. The van der Waals surface area contributed by atoms with Crippen molar-refractivity contribution in [2.45, 2.75) is 12.8 Å². The molecule has 0 unspecified atom stereocenters.